The zero-order valence-corrected chi connectivity index (χ0v) is 13.5. The number of carboxylic acids is 1. The van der Waals surface area contributed by atoms with Gasteiger partial charge in [0, 0.05) is 49.8 Å². The van der Waals surface area contributed by atoms with E-state index in [0.717, 1.165) is 0 Å². The molecule has 0 aliphatic carbocycles. The lowest BCUT2D eigenvalue weighted by molar-refractivity contribution is -0.152. The van der Waals surface area contributed by atoms with E-state index < -0.39 is 11.5 Å². The third-order valence-corrected chi connectivity index (χ3v) is 4.88. The zero-order valence-electron chi connectivity index (χ0n) is 12.7. The number of ether oxygens (including phenoxy) is 1. The molecule has 0 saturated carbocycles. The molecule has 2 fully saturated rings. The minimum absolute atomic E-state index is 0.0702. The van der Waals surface area contributed by atoms with Crippen molar-refractivity contribution in [3.05, 3.63) is 34.9 Å². The van der Waals surface area contributed by atoms with Gasteiger partial charge in [-0.25, -0.2) is 0 Å². The average molecular weight is 339 g/mol. The Morgan fingerprint density at radius 2 is 1.96 bits per heavy atom. The molecule has 2 aliphatic rings. The Kier molecular flexibility index (Phi) is 4.57. The van der Waals surface area contributed by atoms with E-state index >= 15 is 0 Å². The van der Waals surface area contributed by atoms with Crippen LogP contribution in [-0.4, -0.2) is 71.7 Å². The molecule has 0 bridgehead atoms. The summed E-state index contributed by atoms with van der Waals surface area (Å²) in [5.41, 5.74) is -0.381. The lowest BCUT2D eigenvalue weighted by Gasteiger charge is -2.42. The topological polar surface area (TPSA) is 70.1 Å². The van der Waals surface area contributed by atoms with Gasteiger partial charge in [-0.05, 0) is 18.2 Å². The van der Waals surface area contributed by atoms with Crippen molar-refractivity contribution >= 4 is 23.5 Å². The molecule has 0 radical (unpaired) electrons. The Labute approximate surface area is 139 Å². The molecule has 0 aromatic heterocycles. The largest absolute Gasteiger partial charge is 0.480 e. The molecule has 2 heterocycles. The first-order valence-corrected chi connectivity index (χ1v) is 8.02. The Morgan fingerprint density at radius 3 is 2.52 bits per heavy atom. The van der Waals surface area contributed by atoms with Gasteiger partial charge in [-0.2, -0.15) is 0 Å². The van der Waals surface area contributed by atoms with E-state index in [2.05, 4.69) is 0 Å². The maximum absolute atomic E-state index is 12.5. The van der Waals surface area contributed by atoms with Gasteiger partial charge in [0.2, 0.25) is 0 Å². The first-order valence-electron chi connectivity index (χ1n) is 7.64. The van der Waals surface area contributed by atoms with Crippen molar-refractivity contribution in [3.8, 4) is 0 Å². The van der Waals surface area contributed by atoms with E-state index in [-0.39, 0.29) is 12.5 Å². The van der Waals surface area contributed by atoms with Crippen molar-refractivity contribution in [2.24, 2.45) is 0 Å². The van der Waals surface area contributed by atoms with Gasteiger partial charge in [-0.15, -0.1) is 0 Å². The summed E-state index contributed by atoms with van der Waals surface area (Å²) in [4.78, 5) is 27.9. The fourth-order valence-electron chi connectivity index (χ4n) is 3.25. The smallest absolute Gasteiger partial charge is 0.326 e. The quantitative estimate of drug-likeness (QED) is 0.900. The molecule has 1 aromatic rings. The highest BCUT2D eigenvalue weighted by Gasteiger charge is 2.48. The summed E-state index contributed by atoms with van der Waals surface area (Å²) in [6.45, 7) is 2.74. The van der Waals surface area contributed by atoms with Crippen LogP contribution in [-0.2, 0) is 9.53 Å². The van der Waals surface area contributed by atoms with E-state index in [1.54, 1.807) is 29.2 Å². The summed E-state index contributed by atoms with van der Waals surface area (Å²) < 4.78 is 5.31. The van der Waals surface area contributed by atoms with Crippen LogP contribution >= 0.6 is 11.6 Å². The highest BCUT2D eigenvalue weighted by molar-refractivity contribution is 6.30. The summed E-state index contributed by atoms with van der Waals surface area (Å²) in [6, 6.07) is 6.87. The van der Waals surface area contributed by atoms with Crippen molar-refractivity contribution in [2.45, 2.75) is 12.0 Å². The van der Waals surface area contributed by atoms with Crippen LogP contribution in [0.5, 0.6) is 0 Å². The molecule has 124 valence electrons. The van der Waals surface area contributed by atoms with Gasteiger partial charge < -0.3 is 14.7 Å². The first-order chi connectivity index (χ1) is 11.0. The second-order valence-corrected chi connectivity index (χ2v) is 6.37. The standard InChI is InChI=1S/C16H19ClN2O4/c17-13-3-1-2-12(10-13)14(20)18-5-7-19(8-6-18)16(15(21)22)4-9-23-11-16/h1-3,10H,4-9,11H2,(H,21,22). The summed E-state index contributed by atoms with van der Waals surface area (Å²) >= 11 is 5.93. The first kappa shape index (κ1) is 16.2. The van der Waals surface area contributed by atoms with Crippen molar-refractivity contribution < 1.29 is 19.4 Å². The number of carboxylic acid groups (broad SMARTS) is 1. The fraction of sp³-hybridized carbons (Fsp3) is 0.500. The molecule has 6 nitrogen and oxygen atoms in total. The Hall–Kier alpha value is -1.63. The second-order valence-electron chi connectivity index (χ2n) is 5.93. The average Bonchev–Trinajstić information content (AvgIpc) is 3.05. The van der Waals surface area contributed by atoms with Crippen molar-refractivity contribution in [1.29, 1.82) is 0 Å². The molecule has 1 N–H and O–H groups in total. The van der Waals surface area contributed by atoms with E-state index in [1.807, 2.05) is 4.90 Å². The van der Waals surface area contributed by atoms with Crippen molar-refractivity contribution in [3.63, 3.8) is 0 Å². The van der Waals surface area contributed by atoms with Crippen LogP contribution < -0.4 is 0 Å². The number of hydrogen-bond acceptors (Lipinski definition) is 4. The normalized spacial score (nSPS) is 25.5. The number of nitrogens with zero attached hydrogens (tertiary/aromatic N) is 2. The monoisotopic (exact) mass is 338 g/mol. The molecular weight excluding hydrogens is 320 g/mol. The molecule has 7 heteroatoms. The maximum Gasteiger partial charge on any atom is 0.326 e. The van der Waals surface area contributed by atoms with Crippen LogP contribution in [0.3, 0.4) is 0 Å². The molecule has 3 rings (SSSR count). The predicted molar refractivity (Wildman–Crippen MR) is 84.7 cm³/mol. The van der Waals surface area contributed by atoms with Crippen LogP contribution in [0.2, 0.25) is 5.02 Å². The Bertz CT molecular complexity index is 608. The van der Waals surface area contributed by atoms with Crippen molar-refractivity contribution in [1.82, 2.24) is 9.80 Å². The molecule has 0 spiro atoms. The van der Waals surface area contributed by atoms with Gasteiger partial charge in [0.1, 0.15) is 5.54 Å². The summed E-state index contributed by atoms with van der Waals surface area (Å²) in [7, 11) is 0. The summed E-state index contributed by atoms with van der Waals surface area (Å²) in [5.74, 6) is -0.913. The Morgan fingerprint density at radius 1 is 1.22 bits per heavy atom. The fourth-order valence-corrected chi connectivity index (χ4v) is 3.44. The number of amides is 1. The molecule has 1 aromatic carbocycles. The van der Waals surface area contributed by atoms with Gasteiger partial charge in [0.15, 0.2) is 0 Å². The highest BCUT2D eigenvalue weighted by atomic mass is 35.5. The van der Waals surface area contributed by atoms with Gasteiger partial charge >= 0.3 is 5.97 Å². The molecule has 1 amide bonds. The second kappa shape index (κ2) is 6.47. The number of aliphatic carboxylic acids is 1. The van der Waals surface area contributed by atoms with Crippen LogP contribution in [0.1, 0.15) is 16.8 Å². The van der Waals surface area contributed by atoms with E-state index in [9.17, 15) is 14.7 Å². The van der Waals surface area contributed by atoms with Gasteiger partial charge in [-0.3, -0.25) is 14.5 Å². The summed E-state index contributed by atoms with van der Waals surface area (Å²) in [5, 5.41) is 10.1. The third-order valence-electron chi connectivity index (χ3n) is 4.64. The maximum atomic E-state index is 12.5. The lowest BCUT2D eigenvalue weighted by atomic mass is 9.95. The molecule has 2 saturated heterocycles. The van der Waals surface area contributed by atoms with Crippen LogP contribution in [0.25, 0.3) is 0 Å². The number of carbonyl (C=O) groups is 2. The van der Waals surface area contributed by atoms with Gasteiger partial charge in [0.05, 0.1) is 6.61 Å². The van der Waals surface area contributed by atoms with E-state index in [0.29, 0.717) is 49.8 Å². The number of halogens is 1. The summed E-state index contributed by atoms with van der Waals surface area (Å²) in [6.07, 6.45) is 0.491. The van der Waals surface area contributed by atoms with Crippen LogP contribution in [0.15, 0.2) is 24.3 Å². The highest BCUT2D eigenvalue weighted by Crippen LogP contribution is 2.28. The van der Waals surface area contributed by atoms with E-state index in [1.165, 1.54) is 0 Å². The Balaban J connectivity index is 1.66. The number of rotatable bonds is 3. The molecule has 1 unspecified atom stereocenters. The number of piperazine rings is 1. The molecule has 1 atom stereocenters. The molecule has 2 aliphatic heterocycles. The minimum atomic E-state index is -0.939. The predicted octanol–water partition coefficient (Wildman–Crippen LogP) is 1.34. The number of hydrogen-bond donors (Lipinski definition) is 1. The van der Waals surface area contributed by atoms with Crippen molar-refractivity contribution in [2.75, 3.05) is 39.4 Å². The third kappa shape index (κ3) is 3.06. The minimum Gasteiger partial charge on any atom is -0.480 e. The van der Waals surface area contributed by atoms with Crippen LogP contribution in [0, 0.1) is 0 Å². The zero-order chi connectivity index (χ0) is 16.4. The number of benzene rings is 1. The van der Waals surface area contributed by atoms with Gasteiger partial charge in [-0.1, -0.05) is 17.7 Å². The van der Waals surface area contributed by atoms with Crippen LogP contribution in [0.4, 0.5) is 0 Å². The molecule has 23 heavy (non-hydrogen) atoms. The molecular formula is C16H19ClN2O4. The SMILES string of the molecule is O=C(c1cccc(Cl)c1)N1CCN(C2(C(=O)O)CCOC2)CC1. The van der Waals surface area contributed by atoms with E-state index in [4.69, 9.17) is 16.3 Å². The lowest BCUT2D eigenvalue weighted by Crippen LogP contribution is -2.61. The number of carbonyl (C=O) groups excluding carboxylic acids is 1. The van der Waals surface area contributed by atoms with Gasteiger partial charge in [0.25, 0.3) is 5.91 Å².